The summed E-state index contributed by atoms with van der Waals surface area (Å²) in [6.45, 7) is 0.261. The summed E-state index contributed by atoms with van der Waals surface area (Å²) in [4.78, 5) is 24.7. The lowest BCUT2D eigenvalue weighted by Gasteiger charge is -2.36. The summed E-state index contributed by atoms with van der Waals surface area (Å²) in [5, 5.41) is 12.8. The molecule has 0 unspecified atom stereocenters. The molecule has 2 aromatic rings. The van der Waals surface area contributed by atoms with Gasteiger partial charge in [-0.3, -0.25) is 9.59 Å². The van der Waals surface area contributed by atoms with Crippen molar-refractivity contribution in [3.05, 3.63) is 59.2 Å². The number of benzene rings is 2. The van der Waals surface area contributed by atoms with Gasteiger partial charge in [-0.15, -0.1) is 0 Å². The molecule has 0 saturated heterocycles. The van der Waals surface area contributed by atoms with Gasteiger partial charge in [0.15, 0.2) is 5.78 Å². The third-order valence-electron chi connectivity index (χ3n) is 4.85. The van der Waals surface area contributed by atoms with Gasteiger partial charge in [0.2, 0.25) is 0 Å². The molecule has 4 rings (SSSR count). The second-order valence-corrected chi connectivity index (χ2v) is 6.40. The normalized spacial score (nSPS) is 17.2. The van der Waals surface area contributed by atoms with Gasteiger partial charge in [0.05, 0.1) is 5.60 Å². The molecule has 0 atom stereocenters. The van der Waals surface area contributed by atoms with Crippen LogP contribution in [0.15, 0.2) is 42.5 Å². The first-order valence-corrected chi connectivity index (χ1v) is 7.86. The number of rotatable bonds is 3. The fourth-order valence-corrected chi connectivity index (χ4v) is 3.28. The Labute approximate surface area is 134 Å². The highest BCUT2D eigenvalue weighted by Gasteiger charge is 2.34. The van der Waals surface area contributed by atoms with Gasteiger partial charge >= 0.3 is 0 Å². The van der Waals surface area contributed by atoms with E-state index in [1.54, 1.807) is 12.1 Å². The molecule has 1 saturated carbocycles. The number of nitrogens with one attached hydrogen (secondary N) is 1. The van der Waals surface area contributed by atoms with Crippen LogP contribution in [-0.2, 0) is 0 Å². The number of ketones is 1. The van der Waals surface area contributed by atoms with Crippen molar-refractivity contribution in [3.8, 4) is 11.1 Å². The largest absolute Gasteiger partial charge is 0.388 e. The lowest BCUT2D eigenvalue weighted by Crippen LogP contribution is -2.47. The summed E-state index contributed by atoms with van der Waals surface area (Å²) in [7, 11) is 0. The summed E-state index contributed by atoms with van der Waals surface area (Å²) in [6, 6.07) is 12.7. The molecule has 0 radical (unpaired) electrons. The number of carbonyl (C=O) groups is 2. The van der Waals surface area contributed by atoms with Gasteiger partial charge in [-0.05, 0) is 42.5 Å². The van der Waals surface area contributed by atoms with Gasteiger partial charge in [0, 0.05) is 23.2 Å². The zero-order valence-corrected chi connectivity index (χ0v) is 12.6. The maximum Gasteiger partial charge on any atom is 0.251 e. The Morgan fingerprint density at radius 3 is 2.43 bits per heavy atom. The molecular formula is C19H17NO3. The Bertz CT molecular complexity index is 821. The van der Waals surface area contributed by atoms with E-state index in [1.807, 2.05) is 30.3 Å². The topological polar surface area (TPSA) is 66.4 Å². The van der Waals surface area contributed by atoms with Crippen LogP contribution in [-0.4, -0.2) is 28.9 Å². The lowest BCUT2D eigenvalue weighted by atomic mass is 9.80. The Hall–Kier alpha value is -2.46. The van der Waals surface area contributed by atoms with Crippen LogP contribution in [0.2, 0.25) is 0 Å². The maximum absolute atomic E-state index is 12.5. The van der Waals surface area contributed by atoms with Crippen molar-refractivity contribution < 1.29 is 14.7 Å². The molecule has 0 aliphatic heterocycles. The van der Waals surface area contributed by atoms with Gasteiger partial charge in [-0.2, -0.15) is 0 Å². The van der Waals surface area contributed by atoms with Crippen molar-refractivity contribution in [1.29, 1.82) is 0 Å². The summed E-state index contributed by atoms with van der Waals surface area (Å²) >= 11 is 0. The molecule has 2 aromatic carbocycles. The Morgan fingerprint density at radius 1 is 1.04 bits per heavy atom. The first kappa shape index (κ1) is 14.2. The van der Waals surface area contributed by atoms with Crippen LogP contribution >= 0.6 is 0 Å². The summed E-state index contributed by atoms with van der Waals surface area (Å²) in [5.74, 6) is -0.292. The van der Waals surface area contributed by atoms with Gasteiger partial charge in [-0.1, -0.05) is 30.3 Å². The zero-order chi connectivity index (χ0) is 16.0. The SMILES string of the molecule is O=C(NCC1(O)CCC1)c1ccc2c(c1)C(=O)c1ccccc1-2. The van der Waals surface area contributed by atoms with E-state index < -0.39 is 5.60 Å². The number of hydrogen-bond donors (Lipinski definition) is 2. The molecule has 0 aromatic heterocycles. The van der Waals surface area contributed by atoms with E-state index in [0.717, 1.165) is 30.4 Å². The van der Waals surface area contributed by atoms with Gasteiger partial charge in [0.1, 0.15) is 0 Å². The van der Waals surface area contributed by atoms with Crippen LogP contribution in [0.25, 0.3) is 11.1 Å². The van der Waals surface area contributed by atoms with E-state index in [4.69, 9.17) is 0 Å². The fourth-order valence-electron chi connectivity index (χ4n) is 3.28. The van der Waals surface area contributed by atoms with Gasteiger partial charge in [-0.25, -0.2) is 0 Å². The molecule has 116 valence electrons. The highest BCUT2D eigenvalue weighted by molar-refractivity contribution is 6.22. The van der Waals surface area contributed by atoms with E-state index in [9.17, 15) is 14.7 Å². The maximum atomic E-state index is 12.5. The van der Waals surface area contributed by atoms with E-state index in [-0.39, 0.29) is 18.2 Å². The smallest absolute Gasteiger partial charge is 0.251 e. The third kappa shape index (κ3) is 2.26. The minimum Gasteiger partial charge on any atom is -0.388 e. The van der Waals surface area contributed by atoms with Crippen LogP contribution in [0.4, 0.5) is 0 Å². The number of carbonyl (C=O) groups excluding carboxylic acids is 2. The van der Waals surface area contributed by atoms with Crippen molar-refractivity contribution in [3.63, 3.8) is 0 Å². The minimum absolute atomic E-state index is 0.0390. The fraction of sp³-hybridized carbons (Fsp3) is 0.263. The summed E-state index contributed by atoms with van der Waals surface area (Å²) < 4.78 is 0. The van der Waals surface area contributed by atoms with E-state index in [2.05, 4.69) is 5.32 Å². The first-order chi connectivity index (χ1) is 11.1. The highest BCUT2D eigenvalue weighted by Crippen LogP contribution is 2.36. The molecule has 2 aliphatic carbocycles. The molecule has 0 spiro atoms. The average molecular weight is 307 g/mol. The molecule has 0 bridgehead atoms. The Balaban J connectivity index is 1.59. The molecule has 1 fully saturated rings. The van der Waals surface area contributed by atoms with Crippen molar-refractivity contribution in [2.24, 2.45) is 0 Å². The highest BCUT2D eigenvalue weighted by atomic mass is 16.3. The number of hydrogen-bond acceptors (Lipinski definition) is 3. The van der Waals surface area contributed by atoms with Crippen LogP contribution in [0.3, 0.4) is 0 Å². The van der Waals surface area contributed by atoms with Crippen LogP contribution in [0.5, 0.6) is 0 Å². The predicted molar refractivity (Wildman–Crippen MR) is 86.4 cm³/mol. The molecule has 0 heterocycles. The lowest BCUT2D eigenvalue weighted by molar-refractivity contribution is -0.0300. The van der Waals surface area contributed by atoms with Crippen LogP contribution < -0.4 is 5.32 Å². The first-order valence-electron chi connectivity index (χ1n) is 7.86. The standard InChI is InChI=1S/C19H17NO3/c21-17-15-5-2-1-4-13(15)14-7-6-12(10-16(14)17)18(22)20-11-19(23)8-3-9-19/h1-2,4-7,10,23H,3,8-9,11H2,(H,20,22). The van der Waals surface area contributed by atoms with Crippen LogP contribution in [0.1, 0.15) is 45.5 Å². The summed E-state index contributed by atoms with van der Waals surface area (Å²) in [6.07, 6.45) is 2.45. The quantitative estimate of drug-likeness (QED) is 0.781. The van der Waals surface area contributed by atoms with E-state index >= 15 is 0 Å². The second kappa shape index (κ2) is 5.03. The molecule has 1 amide bonds. The number of fused-ring (bicyclic) bond motifs is 3. The van der Waals surface area contributed by atoms with E-state index in [1.165, 1.54) is 0 Å². The van der Waals surface area contributed by atoms with Crippen molar-refractivity contribution >= 4 is 11.7 Å². The number of aliphatic hydroxyl groups is 1. The molecule has 4 heteroatoms. The van der Waals surface area contributed by atoms with Crippen LogP contribution in [0, 0.1) is 0 Å². The molecule has 23 heavy (non-hydrogen) atoms. The monoisotopic (exact) mass is 307 g/mol. The van der Waals surface area contributed by atoms with Gasteiger partial charge < -0.3 is 10.4 Å². The number of amides is 1. The van der Waals surface area contributed by atoms with Crippen molar-refractivity contribution in [1.82, 2.24) is 5.32 Å². The molecule has 2 aliphatic rings. The van der Waals surface area contributed by atoms with Gasteiger partial charge in [0.25, 0.3) is 5.91 Å². The minimum atomic E-state index is -0.752. The molecule has 2 N–H and O–H groups in total. The Morgan fingerprint density at radius 2 is 1.74 bits per heavy atom. The predicted octanol–water partition coefficient (Wildman–Crippen LogP) is 2.54. The third-order valence-corrected chi connectivity index (χ3v) is 4.85. The summed E-state index contributed by atoms with van der Waals surface area (Å²) in [5.41, 5.74) is 2.75. The van der Waals surface area contributed by atoms with E-state index in [0.29, 0.717) is 16.7 Å². The average Bonchev–Trinajstić information content (AvgIpc) is 2.84. The second-order valence-electron chi connectivity index (χ2n) is 6.40. The molecule has 4 nitrogen and oxygen atoms in total. The Kier molecular flexibility index (Phi) is 3.10. The van der Waals surface area contributed by atoms with Crippen molar-refractivity contribution in [2.45, 2.75) is 24.9 Å². The van der Waals surface area contributed by atoms with Crippen molar-refractivity contribution in [2.75, 3.05) is 6.54 Å². The molecular weight excluding hydrogens is 290 g/mol. The zero-order valence-electron chi connectivity index (χ0n) is 12.6.